The number of anilines is 1. The maximum absolute atomic E-state index is 13.3. The largest absolute Gasteiger partial charge is 0.495 e. The van der Waals surface area contributed by atoms with Crippen molar-refractivity contribution in [3.05, 3.63) is 39.6 Å². The first-order valence-corrected chi connectivity index (χ1v) is 11.1. The predicted molar refractivity (Wildman–Crippen MR) is 116 cm³/mol. The van der Waals surface area contributed by atoms with Crippen molar-refractivity contribution >= 4 is 34.8 Å². The number of aromatic nitrogens is 2. The second kappa shape index (κ2) is 8.67. The van der Waals surface area contributed by atoms with Gasteiger partial charge >= 0.3 is 6.18 Å². The molecular formula is C21H23Cl2F3N4O2. The number of piperazine rings is 1. The summed E-state index contributed by atoms with van der Waals surface area (Å²) < 4.78 is 46.3. The van der Waals surface area contributed by atoms with Gasteiger partial charge in [0, 0.05) is 43.3 Å². The second-order valence-electron chi connectivity index (χ2n) is 8.18. The van der Waals surface area contributed by atoms with Gasteiger partial charge in [-0.15, -0.1) is 0 Å². The van der Waals surface area contributed by atoms with Crippen molar-refractivity contribution in [2.75, 3.05) is 31.6 Å². The molecule has 0 bridgehead atoms. The number of ether oxygens (including phenoxy) is 1. The number of rotatable bonds is 5. The minimum Gasteiger partial charge on any atom is -0.495 e. The number of amides is 1. The van der Waals surface area contributed by atoms with Crippen LogP contribution in [0.5, 0.6) is 5.75 Å². The fraction of sp³-hybridized carbons (Fsp3) is 0.524. The van der Waals surface area contributed by atoms with Gasteiger partial charge in [-0.05, 0) is 31.9 Å². The van der Waals surface area contributed by atoms with Gasteiger partial charge in [-0.2, -0.15) is 18.3 Å². The maximum atomic E-state index is 13.3. The van der Waals surface area contributed by atoms with Crippen LogP contribution in [0.2, 0.25) is 10.0 Å². The highest BCUT2D eigenvalue weighted by Crippen LogP contribution is 2.47. The molecular weight excluding hydrogens is 468 g/mol. The Bertz CT molecular complexity index is 1020. The molecule has 0 N–H and O–H groups in total. The number of nitrogens with zero attached hydrogens (tertiary/aromatic N) is 4. The zero-order valence-electron chi connectivity index (χ0n) is 17.6. The number of benzene rings is 1. The smallest absolute Gasteiger partial charge is 0.436 e. The number of carbonyl (C=O) groups excluding carboxylic acids is 1. The number of alkyl halides is 3. The molecule has 1 unspecified atom stereocenters. The minimum absolute atomic E-state index is 0.0759. The average Bonchev–Trinajstić information content (AvgIpc) is 3.50. The van der Waals surface area contributed by atoms with E-state index in [2.05, 4.69) is 10.00 Å². The van der Waals surface area contributed by atoms with Crippen LogP contribution in [0.1, 0.15) is 37.1 Å². The summed E-state index contributed by atoms with van der Waals surface area (Å²) in [5.74, 6) is 0.215. The quantitative estimate of drug-likeness (QED) is 0.602. The molecule has 2 aromatic rings. The third kappa shape index (κ3) is 4.50. The minimum atomic E-state index is -4.66. The van der Waals surface area contributed by atoms with Gasteiger partial charge < -0.3 is 14.5 Å². The number of hydrogen-bond donors (Lipinski definition) is 0. The Morgan fingerprint density at radius 1 is 1.25 bits per heavy atom. The van der Waals surface area contributed by atoms with Gasteiger partial charge in [-0.1, -0.05) is 23.2 Å². The fourth-order valence-electron chi connectivity index (χ4n) is 4.13. The highest BCUT2D eigenvalue weighted by atomic mass is 35.5. The summed E-state index contributed by atoms with van der Waals surface area (Å²) in [6, 6.07) is 5.35. The summed E-state index contributed by atoms with van der Waals surface area (Å²) in [4.78, 5) is 16.8. The summed E-state index contributed by atoms with van der Waals surface area (Å²) in [6.45, 7) is 3.23. The van der Waals surface area contributed by atoms with E-state index in [4.69, 9.17) is 27.9 Å². The Hall–Kier alpha value is -2.13. The molecule has 2 fully saturated rings. The molecule has 1 aliphatic heterocycles. The lowest BCUT2D eigenvalue weighted by molar-refractivity contribution is -0.142. The molecule has 2 heterocycles. The molecule has 1 saturated heterocycles. The van der Waals surface area contributed by atoms with Gasteiger partial charge in [0.05, 0.1) is 22.8 Å². The van der Waals surface area contributed by atoms with Crippen LogP contribution >= 0.6 is 23.2 Å². The number of hydrogen-bond acceptors (Lipinski definition) is 4. The third-order valence-electron chi connectivity index (χ3n) is 5.90. The van der Waals surface area contributed by atoms with Crippen LogP contribution in [0.3, 0.4) is 0 Å². The molecule has 1 atom stereocenters. The molecule has 6 nitrogen and oxygen atoms in total. The van der Waals surface area contributed by atoms with Crippen molar-refractivity contribution in [1.29, 1.82) is 0 Å². The molecule has 4 rings (SSSR count). The lowest BCUT2D eigenvalue weighted by atomic mass is 10.1. The van der Waals surface area contributed by atoms with E-state index in [0.717, 1.165) is 23.2 Å². The Labute approximate surface area is 193 Å². The van der Waals surface area contributed by atoms with E-state index in [-0.39, 0.29) is 29.4 Å². The van der Waals surface area contributed by atoms with E-state index in [9.17, 15) is 18.0 Å². The number of carbonyl (C=O) groups is 1. The summed E-state index contributed by atoms with van der Waals surface area (Å²) in [5.41, 5.74) is 0.116. The zero-order chi connectivity index (χ0) is 23.2. The summed E-state index contributed by atoms with van der Waals surface area (Å²) in [7, 11) is 1.55. The van der Waals surface area contributed by atoms with E-state index in [1.165, 1.54) is 0 Å². The Balaban J connectivity index is 1.48. The van der Waals surface area contributed by atoms with E-state index in [0.29, 0.717) is 36.1 Å². The molecule has 1 saturated carbocycles. The molecule has 0 spiro atoms. The van der Waals surface area contributed by atoms with E-state index in [1.807, 2.05) is 19.1 Å². The molecule has 11 heteroatoms. The molecule has 1 amide bonds. The van der Waals surface area contributed by atoms with Crippen LogP contribution < -0.4 is 9.64 Å². The predicted octanol–water partition coefficient (Wildman–Crippen LogP) is 4.83. The van der Waals surface area contributed by atoms with Crippen LogP contribution in [-0.4, -0.2) is 53.4 Å². The van der Waals surface area contributed by atoms with Crippen molar-refractivity contribution in [3.63, 3.8) is 0 Å². The third-order valence-corrected chi connectivity index (χ3v) is 6.58. The molecule has 32 heavy (non-hydrogen) atoms. The second-order valence-corrected chi connectivity index (χ2v) is 8.96. The topological polar surface area (TPSA) is 50.6 Å². The highest BCUT2D eigenvalue weighted by molar-refractivity contribution is 6.32. The Morgan fingerprint density at radius 3 is 2.56 bits per heavy atom. The maximum Gasteiger partial charge on any atom is 0.436 e. The summed E-state index contributed by atoms with van der Waals surface area (Å²) in [6.07, 6.45) is -3.17. The van der Waals surface area contributed by atoms with Gasteiger partial charge in [-0.25, -0.2) is 0 Å². The molecule has 2 aliphatic rings. The number of methoxy groups -OCH3 is 1. The Morgan fingerprint density at radius 2 is 1.97 bits per heavy atom. The van der Waals surface area contributed by atoms with Crippen molar-refractivity contribution in [1.82, 2.24) is 14.7 Å². The average molecular weight is 491 g/mol. The van der Waals surface area contributed by atoms with Crippen LogP contribution in [0.15, 0.2) is 18.2 Å². The first kappa shape index (κ1) is 23.0. The molecule has 1 aliphatic carbocycles. The summed E-state index contributed by atoms with van der Waals surface area (Å²) >= 11 is 12.1. The van der Waals surface area contributed by atoms with Gasteiger partial charge in [0.15, 0.2) is 5.69 Å². The van der Waals surface area contributed by atoms with Crippen molar-refractivity contribution < 1.29 is 22.7 Å². The highest BCUT2D eigenvalue weighted by Gasteiger charge is 2.42. The van der Waals surface area contributed by atoms with Crippen LogP contribution in [0.25, 0.3) is 0 Å². The SMILES string of the molecule is COc1cc(N2CCN(C(=O)Cn3nc(C(F)(F)F)c(Cl)c3C3CC3)C(C)C2)ccc1Cl. The lowest BCUT2D eigenvalue weighted by Gasteiger charge is -2.41. The first-order chi connectivity index (χ1) is 15.1. The van der Waals surface area contributed by atoms with Crippen molar-refractivity contribution in [2.45, 2.75) is 44.4 Å². The van der Waals surface area contributed by atoms with Gasteiger partial charge in [0.2, 0.25) is 5.91 Å². The van der Waals surface area contributed by atoms with Crippen molar-refractivity contribution in [2.24, 2.45) is 0 Å². The zero-order valence-corrected chi connectivity index (χ0v) is 19.1. The van der Waals surface area contributed by atoms with E-state index < -0.39 is 11.9 Å². The molecule has 174 valence electrons. The molecule has 1 aromatic carbocycles. The van der Waals surface area contributed by atoms with Gasteiger partial charge in [0.25, 0.3) is 0 Å². The van der Waals surface area contributed by atoms with Gasteiger partial charge in [-0.3, -0.25) is 9.48 Å². The monoisotopic (exact) mass is 490 g/mol. The van der Waals surface area contributed by atoms with Crippen molar-refractivity contribution in [3.8, 4) is 5.75 Å². The van der Waals surface area contributed by atoms with Crippen LogP contribution in [-0.2, 0) is 17.5 Å². The van der Waals surface area contributed by atoms with Crippen LogP contribution in [0, 0.1) is 0 Å². The molecule has 0 radical (unpaired) electrons. The summed E-state index contributed by atoms with van der Waals surface area (Å²) in [5, 5.41) is 3.80. The Kier molecular flexibility index (Phi) is 6.24. The van der Waals surface area contributed by atoms with E-state index in [1.54, 1.807) is 18.1 Å². The lowest BCUT2D eigenvalue weighted by Crippen LogP contribution is -2.54. The van der Waals surface area contributed by atoms with E-state index >= 15 is 0 Å². The normalized spacial score (nSPS) is 19.4. The van der Waals surface area contributed by atoms with Crippen LogP contribution in [0.4, 0.5) is 18.9 Å². The molecule has 1 aromatic heterocycles. The number of halogens is 5. The first-order valence-electron chi connectivity index (χ1n) is 10.3. The standard InChI is InChI=1S/C21H23Cl2F3N4O2/c1-12-10-28(14-5-6-15(22)16(9-14)32-2)7-8-29(12)17(31)11-30-19(13-3-4-13)18(23)20(27-30)21(24,25)26/h5-6,9,12-13H,3-4,7-8,10-11H2,1-2H3. The van der Waals surface area contributed by atoms with Gasteiger partial charge in [0.1, 0.15) is 12.3 Å². The fourth-order valence-corrected chi connectivity index (χ4v) is 4.72.